The predicted octanol–water partition coefficient (Wildman–Crippen LogP) is 2.43. The van der Waals surface area contributed by atoms with Gasteiger partial charge in [0.05, 0.1) is 6.33 Å². The summed E-state index contributed by atoms with van der Waals surface area (Å²) in [5.41, 5.74) is 0.958. The number of aromatic nitrogens is 2. The van der Waals surface area contributed by atoms with Gasteiger partial charge in [-0.1, -0.05) is 41.9 Å². The molecule has 7 heteroatoms. The van der Waals surface area contributed by atoms with Crippen molar-refractivity contribution in [1.29, 1.82) is 0 Å². The summed E-state index contributed by atoms with van der Waals surface area (Å²) in [7, 11) is -2.00. The van der Waals surface area contributed by atoms with E-state index in [1.807, 2.05) is 30.3 Å². The van der Waals surface area contributed by atoms with Gasteiger partial charge in [0.1, 0.15) is 5.15 Å². The van der Waals surface area contributed by atoms with Crippen LogP contribution in [0.4, 0.5) is 0 Å². The fourth-order valence-corrected chi connectivity index (χ4v) is 4.28. The van der Waals surface area contributed by atoms with E-state index in [1.165, 1.54) is 15.2 Å². The van der Waals surface area contributed by atoms with Gasteiger partial charge in [-0.05, 0) is 18.4 Å². The predicted molar refractivity (Wildman–Crippen MR) is 80.4 cm³/mol. The van der Waals surface area contributed by atoms with Crippen LogP contribution >= 0.6 is 11.6 Å². The molecule has 5 nitrogen and oxygen atoms in total. The summed E-state index contributed by atoms with van der Waals surface area (Å²) in [4.78, 5) is 3.96. The molecule has 0 atom stereocenters. The van der Waals surface area contributed by atoms with Crippen molar-refractivity contribution in [3.8, 4) is 0 Å². The second-order valence-corrected chi connectivity index (χ2v) is 7.38. The average Bonchev–Trinajstić information content (AvgIpc) is 3.24. The van der Waals surface area contributed by atoms with E-state index in [0.29, 0.717) is 6.54 Å². The third-order valence-electron chi connectivity index (χ3n) is 3.52. The van der Waals surface area contributed by atoms with Gasteiger partial charge in [-0.15, -0.1) is 0 Å². The zero-order chi connectivity index (χ0) is 15.0. The third-order valence-corrected chi connectivity index (χ3v) is 5.91. The first-order valence-corrected chi connectivity index (χ1v) is 8.54. The number of aryl methyl sites for hydroxylation is 1. The molecule has 0 spiro atoms. The monoisotopic (exact) mass is 325 g/mol. The minimum atomic E-state index is -3.68. The first-order valence-electron chi connectivity index (χ1n) is 6.72. The van der Waals surface area contributed by atoms with Crippen molar-refractivity contribution in [3.05, 3.63) is 47.4 Å². The SMILES string of the molecule is Cn1cnc(S(=O)(=O)N(Cc2ccccc2)C2CC2)c1Cl. The van der Waals surface area contributed by atoms with Crippen LogP contribution in [-0.2, 0) is 23.6 Å². The molecule has 0 aliphatic heterocycles. The highest BCUT2D eigenvalue weighted by atomic mass is 35.5. The van der Waals surface area contributed by atoms with E-state index < -0.39 is 10.0 Å². The molecule has 3 rings (SSSR count). The first kappa shape index (κ1) is 14.6. The Hall–Kier alpha value is -1.37. The van der Waals surface area contributed by atoms with E-state index in [1.54, 1.807) is 7.05 Å². The smallest absolute Gasteiger partial charge is 0.264 e. The van der Waals surface area contributed by atoms with E-state index >= 15 is 0 Å². The lowest BCUT2D eigenvalue weighted by Gasteiger charge is -2.21. The lowest BCUT2D eigenvalue weighted by molar-refractivity contribution is 0.397. The number of nitrogens with zero attached hydrogens (tertiary/aromatic N) is 3. The Bertz CT molecular complexity index is 739. The van der Waals surface area contributed by atoms with Crippen molar-refractivity contribution < 1.29 is 8.42 Å². The Balaban J connectivity index is 1.95. The molecular formula is C14H16ClN3O2S. The Labute approximate surface area is 129 Å². The van der Waals surface area contributed by atoms with Crippen molar-refractivity contribution in [2.75, 3.05) is 0 Å². The van der Waals surface area contributed by atoms with Crippen LogP contribution in [0.2, 0.25) is 5.15 Å². The van der Waals surface area contributed by atoms with Gasteiger partial charge in [0.15, 0.2) is 0 Å². The van der Waals surface area contributed by atoms with E-state index in [0.717, 1.165) is 18.4 Å². The summed E-state index contributed by atoms with van der Waals surface area (Å²) in [6.07, 6.45) is 3.19. The number of hydrogen-bond donors (Lipinski definition) is 0. The van der Waals surface area contributed by atoms with Crippen LogP contribution in [0.3, 0.4) is 0 Å². The lowest BCUT2D eigenvalue weighted by Crippen LogP contribution is -2.33. The van der Waals surface area contributed by atoms with Crippen LogP contribution in [-0.4, -0.2) is 28.3 Å². The maximum absolute atomic E-state index is 12.8. The van der Waals surface area contributed by atoms with Crippen molar-refractivity contribution in [3.63, 3.8) is 0 Å². The van der Waals surface area contributed by atoms with Crippen molar-refractivity contribution in [2.45, 2.75) is 30.5 Å². The molecule has 1 aliphatic rings. The molecule has 0 saturated heterocycles. The molecule has 0 N–H and O–H groups in total. The second kappa shape index (κ2) is 5.44. The van der Waals surface area contributed by atoms with E-state index in [9.17, 15) is 8.42 Å². The molecule has 21 heavy (non-hydrogen) atoms. The molecule has 1 aromatic heterocycles. The highest BCUT2D eigenvalue weighted by Crippen LogP contribution is 2.34. The quantitative estimate of drug-likeness (QED) is 0.848. The van der Waals surface area contributed by atoms with Gasteiger partial charge in [0.2, 0.25) is 5.03 Å². The fraction of sp³-hybridized carbons (Fsp3) is 0.357. The van der Waals surface area contributed by atoms with E-state index in [2.05, 4.69) is 4.98 Å². The van der Waals surface area contributed by atoms with Crippen LogP contribution < -0.4 is 0 Å². The van der Waals surface area contributed by atoms with Gasteiger partial charge in [-0.2, -0.15) is 4.31 Å². The highest BCUT2D eigenvalue weighted by molar-refractivity contribution is 7.89. The van der Waals surface area contributed by atoms with Crippen LogP contribution in [0.15, 0.2) is 41.7 Å². The number of benzene rings is 1. The summed E-state index contributed by atoms with van der Waals surface area (Å²) in [5.74, 6) is 0. The van der Waals surface area contributed by atoms with Crippen molar-refractivity contribution in [2.24, 2.45) is 7.05 Å². The standard InChI is InChI=1S/C14H16ClN3O2S/c1-17-10-16-14(13(17)15)21(19,20)18(12-7-8-12)9-11-5-3-2-4-6-11/h2-6,10,12H,7-9H2,1H3. The van der Waals surface area contributed by atoms with Gasteiger partial charge in [0, 0.05) is 19.6 Å². The summed E-state index contributed by atoms with van der Waals surface area (Å²) in [6, 6.07) is 9.61. The first-order chi connectivity index (χ1) is 10.00. The number of halogens is 1. The molecule has 0 unspecified atom stereocenters. The summed E-state index contributed by atoms with van der Waals surface area (Å²) in [6.45, 7) is 0.348. The van der Waals surface area contributed by atoms with Gasteiger partial charge >= 0.3 is 0 Å². The van der Waals surface area contributed by atoms with Crippen molar-refractivity contribution in [1.82, 2.24) is 13.9 Å². The topological polar surface area (TPSA) is 55.2 Å². The van der Waals surface area contributed by atoms with E-state index in [-0.39, 0.29) is 16.2 Å². The third kappa shape index (κ3) is 2.84. The normalized spacial score (nSPS) is 15.6. The number of sulfonamides is 1. The Morgan fingerprint density at radius 1 is 1.33 bits per heavy atom. The number of rotatable bonds is 5. The Kier molecular flexibility index (Phi) is 3.77. The van der Waals surface area contributed by atoms with Crippen LogP contribution in [0, 0.1) is 0 Å². The number of hydrogen-bond acceptors (Lipinski definition) is 3. The molecule has 1 fully saturated rings. The Morgan fingerprint density at radius 2 is 2.00 bits per heavy atom. The molecule has 0 radical (unpaired) electrons. The largest absolute Gasteiger partial charge is 0.324 e. The zero-order valence-electron chi connectivity index (χ0n) is 11.6. The molecule has 1 aliphatic carbocycles. The molecule has 112 valence electrons. The summed E-state index contributed by atoms with van der Waals surface area (Å²) >= 11 is 6.06. The molecule has 2 aromatic rings. The molecule has 0 bridgehead atoms. The maximum Gasteiger partial charge on any atom is 0.264 e. The average molecular weight is 326 g/mol. The van der Waals surface area contributed by atoms with Crippen LogP contribution in [0.25, 0.3) is 0 Å². The molecular weight excluding hydrogens is 310 g/mol. The minimum absolute atomic E-state index is 0.0493. The van der Waals surface area contributed by atoms with Gasteiger partial charge < -0.3 is 4.57 Å². The van der Waals surface area contributed by atoms with E-state index in [4.69, 9.17) is 11.6 Å². The summed E-state index contributed by atoms with van der Waals surface area (Å²) in [5, 5.41) is 0.0863. The van der Waals surface area contributed by atoms with Gasteiger partial charge in [-0.3, -0.25) is 0 Å². The van der Waals surface area contributed by atoms with Gasteiger partial charge in [-0.25, -0.2) is 13.4 Å². The Morgan fingerprint density at radius 3 is 2.52 bits per heavy atom. The maximum atomic E-state index is 12.8. The molecule has 1 heterocycles. The van der Waals surface area contributed by atoms with Crippen molar-refractivity contribution >= 4 is 21.6 Å². The van der Waals surface area contributed by atoms with Gasteiger partial charge in [0.25, 0.3) is 10.0 Å². The minimum Gasteiger partial charge on any atom is -0.324 e. The molecule has 0 amide bonds. The second-order valence-electron chi connectivity index (χ2n) is 5.22. The lowest BCUT2D eigenvalue weighted by atomic mass is 10.2. The summed E-state index contributed by atoms with van der Waals surface area (Å²) < 4.78 is 28.6. The van der Waals surface area contributed by atoms with Crippen LogP contribution in [0.1, 0.15) is 18.4 Å². The molecule has 1 aromatic carbocycles. The zero-order valence-corrected chi connectivity index (χ0v) is 13.2. The highest BCUT2D eigenvalue weighted by Gasteiger charge is 2.40. The number of imidazole rings is 1. The molecule has 1 saturated carbocycles. The van der Waals surface area contributed by atoms with Crippen LogP contribution in [0.5, 0.6) is 0 Å². The fourth-order valence-electron chi connectivity index (χ4n) is 2.21.